The van der Waals surface area contributed by atoms with Crippen molar-refractivity contribution in [1.82, 2.24) is 0 Å². The Balaban J connectivity index is 1.76. The summed E-state index contributed by atoms with van der Waals surface area (Å²) in [5, 5.41) is 1.45. The summed E-state index contributed by atoms with van der Waals surface area (Å²) >= 11 is 1.83. The smallest absolute Gasteiger partial charge is 0.165 e. The third-order valence-corrected chi connectivity index (χ3v) is 5.68. The van der Waals surface area contributed by atoms with E-state index in [1.807, 2.05) is 42.1 Å². The summed E-state index contributed by atoms with van der Waals surface area (Å²) in [7, 11) is 0. The Morgan fingerprint density at radius 2 is 1.67 bits per heavy atom. The standard InChI is InChI=1S/C22H20OS/c1-15-8-11-17(12-9-15)21-19-13-10-16(2)14-20(19)24-22(21)23-18-6-4-3-5-7-18/h3-14,19-20H,1-2H3. The predicted molar refractivity (Wildman–Crippen MR) is 103 cm³/mol. The summed E-state index contributed by atoms with van der Waals surface area (Å²) in [6, 6.07) is 18.8. The first-order valence-electron chi connectivity index (χ1n) is 8.28. The van der Waals surface area contributed by atoms with Crippen LogP contribution in [0.3, 0.4) is 0 Å². The molecule has 0 radical (unpaired) electrons. The van der Waals surface area contributed by atoms with Gasteiger partial charge in [-0.25, -0.2) is 0 Å². The predicted octanol–water partition coefficient (Wildman–Crippen LogP) is 5.99. The van der Waals surface area contributed by atoms with Crippen molar-refractivity contribution in [2.45, 2.75) is 19.1 Å². The minimum atomic E-state index is 0.375. The maximum absolute atomic E-state index is 6.28. The first-order valence-corrected chi connectivity index (χ1v) is 9.16. The van der Waals surface area contributed by atoms with Gasteiger partial charge in [0.25, 0.3) is 0 Å². The average Bonchev–Trinajstić information content (AvgIpc) is 2.93. The molecule has 24 heavy (non-hydrogen) atoms. The van der Waals surface area contributed by atoms with Gasteiger partial charge in [0.2, 0.25) is 0 Å². The number of hydrogen-bond acceptors (Lipinski definition) is 2. The van der Waals surface area contributed by atoms with Gasteiger partial charge < -0.3 is 4.74 Å². The van der Waals surface area contributed by atoms with Crippen LogP contribution >= 0.6 is 11.8 Å². The van der Waals surface area contributed by atoms with Gasteiger partial charge in [-0.15, -0.1) is 0 Å². The van der Waals surface area contributed by atoms with Gasteiger partial charge in [0, 0.05) is 16.7 Å². The lowest BCUT2D eigenvalue weighted by Crippen LogP contribution is -2.12. The Hall–Kier alpha value is -2.19. The molecule has 0 fully saturated rings. The highest BCUT2D eigenvalue weighted by Crippen LogP contribution is 2.50. The molecule has 2 unspecified atom stereocenters. The van der Waals surface area contributed by atoms with Crippen LogP contribution in [0.1, 0.15) is 18.1 Å². The normalized spacial score (nSPS) is 22.3. The molecule has 0 N–H and O–H groups in total. The second-order valence-electron chi connectivity index (χ2n) is 6.36. The molecule has 1 heterocycles. The van der Waals surface area contributed by atoms with Gasteiger partial charge in [-0.2, -0.15) is 0 Å². The van der Waals surface area contributed by atoms with Gasteiger partial charge in [-0.05, 0) is 31.5 Å². The summed E-state index contributed by atoms with van der Waals surface area (Å²) < 4.78 is 6.28. The molecule has 2 heteroatoms. The van der Waals surface area contributed by atoms with E-state index >= 15 is 0 Å². The van der Waals surface area contributed by atoms with Crippen molar-refractivity contribution >= 4 is 17.3 Å². The third-order valence-electron chi connectivity index (χ3n) is 4.46. The van der Waals surface area contributed by atoms with Gasteiger partial charge in [0.15, 0.2) is 5.09 Å². The molecule has 2 aromatic rings. The Morgan fingerprint density at radius 3 is 2.42 bits per heavy atom. The van der Waals surface area contributed by atoms with E-state index < -0.39 is 0 Å². The molecule has 2 aliphatic rings. The number of para-hydroxylation sites is 1. The van der Waals surface area contributed by atoms with E-state index in [1.54, 1.807) is 0 Å². The van der Waals surface area contributed by atoms with Crippen molar-refractivity contribution in [3.8, 4) is 5.75 Å². The molecule has 0 aromatic heterocycles. The van der Waals surface area contributed by atoms with E-state index in [9.17, 15) is 0 Å². The van der Waals surface area contributed by atoms with Gasteiger partial charge in [0.05, 0.1) is 0 Å². The van der Waals surface area contributed by atoms with Crippen molar-refractivity contribution in [2.75, 3.05) is 0 Å². The second-order valence-corrected chi connectivity index (χ2v) is 7.51. The number of allylic oxidation sites excluding steroid dienone is 4. The third kappa shape index (κ3) is 2.94. The van der Waals surface area contributed by atoms with E-state index in [-0.39, 0.29) is 0 Å². The summed E-state index contributed by atoms with van der Waals surface area (Å²) in [6.45, 7) is 4.28. The van der Waals surface area contributed by atoms with Crippen LogP contribution in [0.5, 0.6) is 5.75 Å². The first-order chi connectivity index (χ1) is 11.7. The van der Waals surface area contributed by atoms with E-state index in [4.69, 9.17) is 4.74 Å². The van der Waals surface area contributed by atoms with Gasteiger partial charge >= 0.3 is 0 Å². The van der Waals surface area contributed by atoms with Crippen LogP contribution in [0.2, 0.25) is 0 Å². The molecule has 120 valence electrons. The first kappa shape index (κ1) is 15.3. The Kier molecular flexibility index (Phi) is 4.07. The zero-order valence-corrected chi connectivity index (χ0v) is 14.7. The molecule has 1 nitrogen and oxygen atoms in total. The van der Waals surface area contributed by atoms with Gasteiger partial charge in [-0.3, -0.25) is 0 Å². The number of rotatable bonds is 3. The van der Waals surface area contributed by atoms with Crippen molar-refractivity contribution in [2.24, 2.45) is 5.92 Å². The Bertz CT molecular complexity index is 828. The molecule has 0 saturated carbocycles. The van der Waals surface area contributed by atoms with Crippen molar-refractivity contribution in [3.63, 3.8) is 0 Å². The molecule has 2 aromatic carbocycles. The van der Waals surface area contributed by atoms with Crippen LogP contribution < -0.4 is 4.74 Å². The lowest BCUT2D eigenvalue weighted by Gasteiger charge is -2.19. The lowest BCUT2D eigenvalue weighted by molar-refractivity contribution is 0.468. The molecule has 0 saturated heterocycles. The van der Waals surface area contributed by atoms with Gasteiger partial charge in [-0.1, -0.05) is 83.6 Å². The van der Waals surface area contributed by atoms with Gasteiger partial charge in [0.1, 0.15) is 5.75 Å². The fraction of sp³-hybridized carbons (Fsp3) is 0.182. The maximum Gasteiger partial charge on any atom is 0.165 e. The fourth-order valence-electron chi connectivity index (χ4n) is 3.19. The Morgan fingerprint density at radius 1 is 0.917 bits per heavy atom. The summed E-state index contributed by atoms with van der Waals surface area (Å²) in [5.74, 6) is 1.27. The molecular formula is C22H20OS. The zero-order chi connectivity index (χ0) is 16.5. The van der Waals surface area contributed by atoms with Crippen LogP contribution in [-0.4, -0.2) is 5.25 Å². The van der Waals surface area contributed by atoms with E-state index in [1.165, 1.54) is 22.3 Å². The SMILES string of the molecule is CC1=CC2SC(Oc3ccccc3)=C(c3ccc(C)cc3)C2C=C1. The highest BCUT2D eigenvalue weighted by atomic mass is 32.2. The van der Waals surface area contributed by atoms with Crippen LogP contribution in [-0.2, 0) is 0 Å². The molecule has 4 rings (SSSR count). The number of ether oxygens (including phenoxy) is 1. The van der Waals surface area contributed by atoms with Crippen molar-refractivity contribution < 1.29 is 4.74 Å². The average molecular weight is 332 g/mol. The fourth-order valence-corrected chi connectivity index (χ4v) is 4.62. The van der Waals surface area contributed by atoms with Crippen LogP contribution in [0, 0.1) is 12.8 Å². The largest absolute Gasteiger partial charge is 0.450 e. The van der Waals surface area contributed by atoms with Crippen LogP contribution in [0.15, 0.2) is 83.5 Å². The molecular weight excluding hydrogens is 312 g/mol. The van der Waals surface area contributed by atoms with Crippen molar-refractivity contribution in [3.05, 3.63) is 94.6 Å². The monoisotopic (exact) mass is 332 g/mol. The highest BCUT2D eigenvalue weighted by Gasteiger charge is 2.36. The highest BCUT2D eigenvalue weighted by molar-refractivity contribution is 8.04. The number of thioether (sulfide) groups is 1. The van der Waals surface area contributed by atoms with Crippen molar-refractivity contribution in [1.29, 1.82) is 0 Å². The molecule has 0 spiro atoms. The van der Waals surface area contributed by atoms with E-state index in [0.29, 0.717) is 11.2 Å². The van der Waals surface area contributed by atoms with Crippen LogP contribution in [0.25, 0.3) is 5.57 Å². The quantitative estimate of drug-likeness (QED) is 0.682. The van der Waals surface area contributed by atoms with E-state index in [2.05, 4.69) is 56.3 Å². The minimum Gasteiger partial charge on any atom is -0.450 e. The molecule has 2 atom stereocenters. The minimum absolute atomic E-state index is 0.375. The molecule has 0 amide bonds. The maximum atomic E-state index is 6.28. The Labute approximate surface area is 147 Å². The number of benzene rings is 2. The number of fused-ring (bicyclic) bond motifs is 1. The number of hydrogen-bond donors (Lipinski definition) is 0. The topological polar surface area (TPSA) is 9.23 Å². The number of aryl methyl sites for hydroxylation is 1. The summed E-state index contributed by atoms with van der Waals surface area (Å²) in [6.07, 6.45) is 6.90. The van der Waals surface area contributed by atoms with Crippen LogP contribution in [0.4, 0.5) is 0 Å². The summed E-state index contributed by atoms with van der Waals surface area (Å²) in [5.41, 5.74) is 5.16. The lowest BCUT2D eigenvalue weighted by atomic mass is 9.86. The van der Waals surface area contributed by atoms with E-state index in [0.717, 1.165) is 10.8 Å². The zero-order valence-electron chi connectivity index (χ0n) is 13.9. The second kappa shape index (κ2) is 6.37. The summed E-state index contributed by atoms with van der Waals surface area (Å²) in [4.78, 5) is 0. The molecule has 0 bridgehead atoms. The molecule has 1 aliphatic carbocycles. The molecule has 1 aliphatic heterocycles.